The molecule has 1 amide bonds. The van der Waals surface area contributed by atoms with Gasteiger partial charge >= 0.3 is 5.97 Å². The van der Waals surface area contributed by atoms with Crippen LogP contribution in [0.1, 0.15) is 56.6 Å². The third-order valence-electron chi connectivity index (χ3n) is 7.29. The quantitative estimate of drug-likeness (QED) is 0.316. The summed E-state index contributed by atoms with van der Waals surface area (Å²) in [6, 6.07) is 14.1. The number of methoxy groups -OCH3 is 3. The molecule has 2 aromatic rings. The number of ether oxygens (including phenoxy) is 4. The molecular formula is C30H41NO6. The van der Waals surface area contributed by atoms with Gasteiger partial charge in [0.05, 0.1) is 26.2 Å². The van der Waals surface area contributed by atoms with Crippen molar-refractivity contribution in [3.05, 3.63) is 59.7 Å². The lowest BCUT2D eigenvalue weighted by molar-refractivity contribution is -0.150. The zero-order chi connectivity index (χ0) is 26.6. The highest BCUT2D eigenvalue weighted by molar-refractivity contribution is 5.86. The Labute approximate surface area is 220 Å². The van der Waals surface area contributed by atoms with E-state index in [0.717, 1.165) is 31.2 Å². The minimum Gasteiger partial charge on any atom is -0.497 e. The molecule has 0 unspecified atom stereocenters. The second-order valence-electron chi connectivity index (χ2n) is 9.78. The lowest BCUT2D eigenvalue weighted by Gasteiger charge is -2.30. The molecule has 3 atom stereocenters. The predicted molar refractivity (Wildman–Crippen MR) is 143 cm³/mol. The summed E-state index contributed by atoms with van der Waals surface area (Å²) < 4.78 is 22.2. The first-order valence-electron chi connectivity index (χ1n) is 13.2. The molecule has 7 nitrogen and oxygen atoms in total. The average Bonchev–Trinajstić information content (AvgIpc) is 3.21. The topological polar surface area (TPSA) is 83.1 Å². The summed E-state index contributed by atoms with van der Waals surface area (Å²) >= 11 is 0. The van der Waals surface area contributed by atoms with Gasteiger partial charge in [0.2, 0.25) is 5.91 Å². The molecule has 1 aliphatic rings. The molecule has 1 N–H and O–H groups in total. The van der Waals surface area contributed by atoms with Gasteiger partial charge in [0.25, 0.3) is 0 Å². The highest BCUT2D eigenvalue weighted by atomic mass is 16.5. The number of amides is 1. The van der Waals surface area contributed by atoms with Crippen LogP contribution in [-0.2, 0) is 32.1 Å². The van der Waals surface area contributed by atoms with E-state index >= 15 is 0 Å². The zero-order valence-electron chi connectivity index (χ0n) is 22.5. The summed E-state index contributed by atoms with van der Waals surface area (Å²) in [7, 11) is 4.81. The van der Waals surface area contributed by atoms with Crippen molar-refractivity contribution in [1.29, 1.82) is 0 Å². The summed E-state index contributed by atoms with van der Waals surface area (Å²) in [4.78, 5) is 26.6. The molecule has 1 aliphatic carbocycles. The zero-order valence-corrected chi connectivity index (χ0v) is 22.5. The van der Waals surface area contributed by atoms with Crippen LogP contribution >= 0.6 is 0 Å². The normalized spacial score (nSPS) is 16.6. The first kappa shape index (κ1) is 28.5. The smallest absolute Gasteiger partial charge is 0.329 e. The molecule has 1 fully saturated rings. The largest absolute Gasteiger partial charge is 0.497 e. The fraction of sp³-hybridized carbons (Fsp3) is 0.533. The van der Waals surface area contributed by atoms with Gasteiger partial charge in [-0.05, 0) is 36.5 Å². The van der Waals surface area contributed by atoms with Crippen LogP contribution in [0, 0.1) is 11.8 Å². The Bertz CT molecular complexity index is 987. The van der Waals surface area contributed by atoms with Gasteiger partial charge in [-0.15, -0.1) is 0 Å². The molecule has 0 bridgehead atoms. The molecule has 0 heterocycles. The van der Waals surface area contributed by atoms with Gasteiger partial charge in [-0.3, -0.25) is 4.79 Å². The van der Waals surface area contributed by atoms with E-state index in [1.807, 2.05) is 37.3 Å². The molecule has 0 radical (unpaired) electrons. The predicted octanol–water partition coefficient (Wildman–Crippen LogP) is 5.10. The number of hydrogen-bond donors (Lipinski definition) is 1. The fourth-order valence-electron chi connectivity index (χ4n) is 5.16. The first-order valence-corrected chi connectivity index (χ1v) is 13.2. The van der Waals surface area contributed by atoms with E-state index in [9.17, 15) is 9.59 Å². The number of esters is 1. The maximum atomic E-state index is 13.4. The van der Waals surface area contributed by atoms with Crippen LogP contribution in [0.15, 0.2) is 48.5 Å². The van der Waals surface area contributed by atoms with Gasteiger partial charge in [-0.1, -0.05) is 62.9 Å². The van der Waals surface area contributed by atoms with Gasteiger partial charge < -0.3 is 24.3 Å². The minimum absolute atomic E-state index is 0.0193. The number of nitrogens with one attached hydrogen (secondary N) is 1. The summed E-state index contributed by atoms with van der Waals surface area (Å²) in [5, 5.41) is 2.97. The average molecular weight is 512 g/mol. The van der Waals surface area contributed by atoms with Crippen LogP contribution in [0.25, 0.3) is 0 Å². The Morgan fingerprint density at radius 3 is 2.27 bits per heavy atom. The Morgan fingerprint density at radius 2 is 1.65 bits per heavy atom. The minimum atomic E-state index is -0.826. The van der Waals surface area contributed by atoms with Crippen molar-refractivity contribution in [3.8, 4) is 11.5 Å². The molecule has 0 aromatic heterocycles. The van der Waals surface area contributed by atoms with Crippen LogP contribution in [0.5, 0.6) is 11.5 Å². The first-order chi connectivity index (χ1) is 18.0. The van der Waals surface area contributed by atoms with Crippen LogP contribution in [-0.4, -0.2) is 45.4 Å². The van der Waals surface area contributed by atoms with E-state index in [1.165, 1.54) is 12.8 Å². The van der Waals surface area contributed by atoms with Crippen LogP contribution in [0.2, 0.25) is 0 Å². The second-order valence-corrected chi connectivity index (χ2v) is 9.78. The summed E-state index contributed by atoms with van der Waals surface area (Å²) in [6.45, 7) is 1.91. The SMILES string of the molecule is COc1ccc(COC(=O)[C@H](Cc2ccccc2)NC(=O)[C@H](C)[C@@H](OC)C2CCCCCC2)c(OC)c1. The van der Waals surface area contributed by atoms with Crippen molar-refractivity contribution < 1.29 is 28.5 Å². The Balaban J connectivity index is 1.71. The molecular weight excluding hydrogens is 470 g/mol. The Kier molecular flexibility index (Phi) is 11.3. The molecule has 0 saturated heterocycles. The second kappa shape index (κ2) is 14.6. The third-order valence-corrected chi connectivity index (χ3v) is 7.29. The molecule has 1 saturated carbocycles. The van der Waals surface area contributed by atoms with E-state index in [-0.39, 0.29) is 24.5 Å². The number of hydrogen-bond acceptors (Lipinski definition) is 6. The van der Waals surface area contributed by atoms with Crippen molar-refractivity contribution >= 4 is 11.9 Å². The van der Waals surface area contributed by atoms with E-state index in [4.69, 9.17) is 18.9 Å². The standard InChI is InChI=1S/C30H41NO6/c1-21(28(36-4)23-14-10-5-6-11-15-23)29(32)31-26(18-22-12-8-7-9-13-22)30(33)37-20-24-16-17-25(34-2)19-27(24)35-3/h7-9,12-13,16-17,19,21,23,26,28H,5-6,10-11,14-15,18,20H2,1-4H3,(H,31,32)/t21-,26+,28-/m1/s1. The Hall–Kier alpha value is -3.06. The molecule has 202 valence electrons. The van der Waals surface area contributed by atoms with Crippen LogP contribution in [0.4, 0.5) is 0 Å². The highest BCUT2D eigenvalue weighted by Crippen LogP contribution is 2.30. The van der Waals surface area contributed by atoms with Crippen molar-refractivity contribution in [2.24, 2.45) is 11.8 Å². The number of carbonyl (C=O) groups excluding carboxylic acids is 2. The molecule has 2 aromatic carbocycles. The van der Waals surface area contributed by atoms with Gasteiger partial charge in [-0.2, -0.15) is 0 Å². The van der Waals surface area contributed by atoms with Gasteiger partial charge in [0.15, 0.2) is 0 Å². The maximum Gasteiger partial charge on any atom is 0.329 e. The van der Waals surface area contributed by atoms with Crippen LogP contribution < -0.4 is 14.8 Å². The van der Waals surface area contributed by atoms with Crippen molar-refractivity contribution in [2.45, 2.75) is 70.6 Å². The van der Waals surface area contributed by atoms with Crippen molar-refractivity contribution in [3.63, 3.8) is 0 Å². The van der Waals surface area contributed by atoms with E-state index in [1.54, 1.807) is 39.5 Å². The Morgan fingerprint density at radius 1 is 0.946 bits per heavy atom. The summed E-state index contributed by atoms with van der Waals surface area (Å²) in [5.41, 5.74) is 1.65. The monoisotopic (exact) mass is 511 g/mol. The molecule has 3 rings (SSSR count). The van der Waals surface area contributed by atoms with Crippen molar-refractivity contribution in [1.82, 2.24) is 5.32 Å². The number of benzene rings is 2. The lowest BCUT2D eigenvalue weighted by atomic mass is 9.86. The third kappa shape index (κ3) is 8.22. The highest BCUT2D eigenvalue weighted by Gasteiger charge is 2.34. The van der Waals surface area contributed by atoms with E-state index in [2.05, 4.69) is 5.32 Å². The van der Waals surface area contributed by atoms with E-state index in [0.29, 0.717) is 29.4 Å². The van der Waals surface area contributed by atoms with Crippen LogP contribution in [0.3, 0.4) is 0 Å². The fourth-order valence-corrected chi connectivity index (χ4v) is 5.16. The molecule has 0 aliphatic heterocycles. The van der Waals surface area contributed by atoms with Gasteiger partial charge in [0.1, 0.15) is 24.1 Å². The number of rotatable bonds is 12. The molecule has 0 spiro atoms. The van der Waals surface area contributed by atoms with E-state index < -0.39 is 12.0 Å². The maximum absolute atomic E-state index is 13.4. The summed E-state index contributed by atoms with van der Waals surface area (Å²) in [5.74, 6) is 0.477. The molecule has 7 heteroatoms. The molecule has 37 heavy (non-hydrogen) atoms. The van der Waals surface area contributed by atoms with Gasteiger partial charge in [-0.25, -0.2) is 4.79 Å². The lowest BCUT2D eigenvalue weighted by Crippen LogP contribution is -2.48. The van der Waals surface area contributed by atoms with Crippen molar-refractivity contribution in [2.75, 3.05) is 21.3 Å². The summed E-state index contributed by atoms with van der Waals surface area (Å²) in [6.07, 6.45) is 7.07. The van der Waals surface area contributed by atoms with Gasteiger partial charge in [0, 0.05) is 25.2 Å². The number of carbonyl (C=O) groups is 2.